The highest BCUT2D eigenvalue weighted by atomic mass is 32.1. The SMILES string of the molecule is O=C(CCc1cccnc1)N1CCC[C@H](c2nccs2)C1. The average molecular weight is 301 g/mol. The van der Waals surface area contributed by atoms with E-state index in [-0.39, 0.29) is 5.91 Å². The van der Waals surface area contributed by atoms with Crippen molar-refractivity contribution in [3.8, 4) is 0 Å². The Morgan fingerprint density at radius 1 is 1.43 bits per heavy atom. The lowest BCUT2D eigenvalue weighted by Crippen LogP contribution is -2.39. The molecule has 110 valence electrons. The molecule has 1 fully saturated rings. The first-order valence-electron chi connectivity index (χ1n) is 7.39. The van der Waals surface area contributed by atoms with E-state index in [4.69, 9.17) is 0 Å². The van der Waals surface area contributed by atoms with Crippen LogP contribution in [-0.4, -0.2) is 33.9 Å². The molecule has 21 heavy (non-hydrogen) atoms. The van der Waals surface area contributed by atoms with Gasteiger partial charge in [0.15, 0.2) is 0 Å². The molecule has 1 amide bonds. The summed E-state index contributed by atoms with van der Waals surface area (Å²) in [5, 5.41) is 3.18. The molecule has 0 aromatic carbocycles. The molecule has 0 spiro atoms. The Morgan fingerprint density at radius 2 is 2.38 bits per heavy atom. The smallest absolute Gasteiger partial charge is 0.222 e. The molecule has 0 radical (unpaired) electrons. The number of hydrogen-bond acceptors (Lipinski definition) is 4. The third kappa shape index (κ3) is 3.67. The molecule has 3 heterocycles. The van der Waals surface area contributed by atoms with Crippen LogP contribution in [0.1, 0.15) is 35.8 Å². The lowest BCUT2D eigenvalue weighted by atomic mass is 9.98. The topological polar surface area (TPSA) is 46.1 Å². The van der Waals surface area contributed by atoms with Gasteiger partial charge in [-0.15, -0.1) is 11.3 Å². The zero-order valence-corrected chi connectivity index (χ0v) is 12.8. The van der Waals surface area contributed by atoms with E-state index in [0.717, 1.165) is 37.9 Å². The highest BCUT2D eigenvalue weighted by molar-refractivity contribution is 7.09. The van der Waals surface area contributed by atoms with Crippen LogP contribution in [0.5, 0.6) is 0 Å². The molecule has 0 aliphatic carbocycles. The van der Waals surface area contributed by atoms with Crippen molar-refractivity contribution >= 4 is 17.2 Å². The minimum atomic E-state index is 0.250. The Kier molecular flexibility index (Phi) is 4.60. The highest BCUT2D eigenvalue weighted by Crippen LogP contribution is 2.28. The van der Waals surface area contributed by atoms with E-state index in [9.17, 15) is 4.79 Å². The summed E-state index contributed by atoms with van der Waals surface area (Å²) in [4.78, 5) is 22.9. The van der Waals surface area contributed by atoms with E-state index in [1.54, 1.807) is 17.5 Å². The average Bonchev–Trinajstić information content (AvgIpc) is 3.08. The van der Waals surface area contributed by atoms with Crippen LogP contribution < -0.4 is 0 Å². The number of carbonyl (C=O) groups excluding carboxylic acids is 1. The summed E-state index contributed by atoms with van der Waals surface area (Å²) in [6, 6.07) is 3.94. The van der Waals surface area contributed by atoms with Gasteiger partial charge in [-0.3, -0.25) is 9.78 Å². The monoisotopic (exact) mass is 301 g/mol. The molecule has 0 N–H and O–H groups in total. The molecule has 1 atom stereocenters. The Labute approximate surface area is 128 Å². The molecular weight excluding hydrogens is 282 g/mol. The van der Waals surface area contributed by atoms with Crippen LogP contribution in [0, 0.1) is 0 Å². The molecule has 0 bridgehead atoms. The molecule has 5 heteroatoms. The number of likely N-dealkylation sites (tertiary alicyclic amines) is 1. The summed E-state index contributed by atoms with van der Waals surface area (Å²) in [6.45, 7) is 1.70. The predicted molar refractivity (Wildman–Crippen MR) is 83.2 cm³/mol. The van der Waals surface area contributed by atoms with Crippen molar-refractivity contribution < 1.29 is 4.79 Å². The normalized spacial score (nSPS) is 18.7. The second-order valence-corrected chi connectivity index (χ2v) is 6.34. The number of piperidine rings is 1. The summed E-state index contributed by atoms with van der Waals surface area (Å²) >= 11 is 1.70. The molecule has 2 aromatic rings. The van der Waals surface area contributed by atoms with Crippen molar-refractivity contribution in [3.63, 3.8) is 0 Å². The van der Waals surface area contributed by atoms with E-state index in [2.05, 4.69) is 9.97 Å². The van der Waals surface area contributed by atoms with Gasteiger partial charge in [-0.05, 0) is 30.9 Å². The van der Waals surface area contributed by atoms with E-state index < -0.39 is 0 Å². The largest absolute Gasteiger partial charge is 0.342 e. The van der Waals surface area contributed by atoms with Gasteiger partial charge in [-0.25, -0.2) is 4.98 Å². The minimum Gasteiger partial charge on any atom is -0.342 e. The van der Waals surface area contributed by atoms with E-state index in [1.807, 2.05) is 34.8 Å². The third-order valence-electron chi connectivity index (χ3n) is 3.93. The van der Waals surface area contributed by atoms with Gasteiger partial charge in [0.05, 0.1) is 5.01 Å². The van der Waals surface area contributed by atoms with E-state index >= 15 is 0 Å². The second kappa shape index (κ2) is 6.80. The lowest BCUT2D eigenvalue weighted by molar-refractivity contribution is -0.132. The molecule has 1 aliphatic heterocycles. The van der Waals surface area contributed by atoms with Gasteiger partial charge in [0.1, 0.15) is 0 Å². The third-order valence-corrected chi connectivity index (χ3v) is 4.86. The van der Waals surface area contributed by atoms with Crippen LogP contribution in [0.2, 0.25) is 0 Å². The number of aryl methyl sites for hydroxylation is 1. The van der Waals surface area contributed by atoms with Crippen molar-refractivity contribution in [1.82, 2.24) is 14.9 Å². The number of amides is 1. The van der Waals surface area contributed by atoms with Gasteiger partial charge in [0, 0.05) is 49.4 Å². The van der Waals surface area contributed by atoms with Crippen LogP contribution in [-0.2, 0) is 11.2 Å². The van der Waals surface area contributed by atoms with Gasteiger partial charge in [-0.2, -0.15) is 0 Å². The molecule has 1 aliphatic rings. The van der Waals surface area contributed by atoms with Gasteiger partial charge in [-0.1, -0.05) is 6.07 Å². The molecule has 1 saturated heterocycles. The maximum atomic E-state index is 12.4. The van der Waals surface area contributed by atoms with Crippen LogP contribution in [0.4, 0.5) is 0 Å². The summed E-state index contributed by atoms with van der Waals surface area (Å²) < 4.78 is 0. The van der Waals surface area contributed by atoms with Gasteiger partial charge in [0.25, 0.3) is 0 Å². The summed E-state index contributed by atoms with van der Waals surface area (Å²) in [7, 11) is 0. The Bertz CT molecular complexity index is 570. The summed E-state index contributed by atoms with van der Waals surface area (Å²) in [5.74, 6) is 0.668. The molecular formula is C16H19N3OS. The number of thiazole rings is 1. The van der Waals surface area contributed by atoms with E-state index in [0.29, 0.717) is 12.3 Å². The lowest BCUT2D eigenvalue weighted by Gasteiger charge is -2.32. The fourth-order valence-electron chi connectivity index (χ4n) is 2.80. The first-order valence-corrected chi connectivity index (χ1v) is 8.27. The Morgan fingerprint density at radius 3 is 3.14 bits per heavy atom. The first-order chi connectivity index (χ1) is 10.3. The van der Waals surface area contributed by atoms with Crippen LogP contribution in [0.25, 0.3) is 0 Å². The molecule has 4 nitrogen and oxygen atoms in total. The number of nitrogens with zero attached hydrogens (tertiary/aromatic N) is 3. The number of rotatable bonds is 4. The number of hydrogen-bond donors (Lipinski definition) is 0. The van der Waals surface area contributed by atoms with Crippen LogP contribution in [0.3, 0.4) is 0 Å². The number of aromatic nitrogens is 2. The van der Waals surface area contributed by atoms with Crippen LogP contribution >= 0.6 is 11.3 Å². The van der Waals surface area contributed by atoms with Crippen LogP contribution in [0.15, 0.2) is 36.1 Å². The van der Waals surface area contributed by atoms with Crippen molar-refractivity contribution in [2.75, 3.05) is 13.1 Å². The second-order valence-electron chi connectivity index (χ2n) is 5.41. The minimum absolute atomic E-state index is 0.250. The highest BCUT2D eigenvalue weighted by Gasteiger charge is 2.25. The van der Waals surface area contributed by atoms with Gasteiger partial charge >= 0.3 is 0 Å². The fourth-order valence-corrected chi connectivity index (χ4v) is 3.56. The van der Waals surface area contributed by atoms with Crippen molar-refractivity contribution in [3.05, 3.63) is 46.7 Å². The van der Waals surface area contributed by atoms with Crippen molar-refractivity contribution in [2.24, 2.45) is 0 Å². The van der Waals surface area contributed by atoms with E-state index in [1.165, 1.54) is 5.01 Å². The van der Waals surface area contributed by atoms with Crippen molar-refractivity contribution in [1.29, 1.82) is 0 Å². The standard InChI is InChI=1S/C16H19N3OS/c20-15(6-5-13-3-1-7-17-11-13)19-9-2-4-14(12-19)16-18-8-10-21-16/h1,3,7-8,10-11,14H,2,4-6,9,12H2/t14-/m0/s1. The number of carbonyl (C=O) groups is 1. The molecule has 3 rings (SSSR count). The molecule has 0 unspecified atom stereocenters. The number of pyridine rings is 1. The zero-order chi connectivity index (χ0) is 14.5. The summed E-state index contributed by atoms with van der Waals surface area (Å²) in [5.41, 5.74) is 1.12. The zero-order valence-electron chi connectivity index (χ0n) is 11.9. The summed E-state index contributed by atoms with van der Waals surface area (Å²) in [6.07, 6.45) is 8.99. The molecule has 2 aromatic heterocycles. The van der Waals surface area contributed by atoms with Crippen molar-refractivity contribution in [2.45, 2.75) is 31.6 Å². The first kappa shape index (κ1) is 14.2. The van der Waals surface area contributed by atoms with Gasteiger partial charge in [0.2, 0.25) is 5.91 Å². The predicted octanol–water partition coefficient (Wildman–Crippen LogP) is 2.88. The van der Waals surface area contributed by atoms with Gasteiger partial charge < -0.3 is 4.90 Å². The maximum absolute atomic E-state index is 12.4. The fraction of sp³-hybridized carbons (Fsp3) is 0.438. The maximum Gasteiger partial charge on any atom is 0.222 e. The molecule has 0 saturated carbocycles. The quantitative estimate of drug-likeness (QED) is 0.872. The Balaban J connectivity index is 1.55. The Hall–Kier alpha value is -1.75.